The van der Waals surface area contributed by atoms with Crippen LogP contribution in [0, 0.1) is 0 Å². The second kappa shape index (κ2) is 6.18. The topological polar surface area (TPSA) is 80.9 Å². The highest BCUT2D eigenvalue weighted by Gasteiger charge is 2.19. The molecule has 0 spiro atoms. The number of tetrazole rings is 1. The number of aryl methyl sites for hydroxylation is 1. The largest absolute Gasteiger partial charge is 0.478 e. The summed E-state index contributed by atoms with van der Waals surface area (Å²) in [5.41, 5.74) is 2.09. The standard InChI is InChI=1S/C16H13ClN4O2/c1-2-14-18-19-20-21(14)13-9-11(10-6-4-3-5-7-10)8-12(15(13)17)16(22)23/h3-9H,2H2,1H3,(H,22,23). The third-order valence-electron chi connectivity index (χ3n) is 3.47. The van der Waals surface area contributed by atoms with Crippen molar-refractivity contribution in [3.8, 4) is 16.8 Å². The van der Waals surface area contributed by atoms with E-state index in [9.17, 15) is 9.90 Å². The Labute approximate surface area is 137 Å². The lowest BCUT2D eigenvalue weighted by atomic mass is 10.0. The van der Waals surface area contributed by atoms with Crippen molar-refractivity contribution in [2.45, 2.75) is 13.3 Å². The second-order valence-electron chi connectivity index (χ2n) is 4.89. The first-order valence-corrected chi connectivity index (χ1v) is 7.39. The minimum Gasteiger partial charge on any atom is -0.478 e. The predicted molar refractivity (Wildman–Crippen MR) is 85.9 cm³/mol. The number of hydrogen-bond acceptors (Lipinski definition) is 4. The first-order chi connectivity index (χ1) is 11.1. The molecule has 0 fully saturated rings. The Morgan fingerprint density at radius 1 is 1.22 bits per heavy atom. The molecule has 3 rings (SSSR count). The van der Waals surface area contributed by atoms with Crippen LogP contribution in [-0.2, 0) is 6.42 Å². The molecule has 0 amide bonds. The summed E-state index contributed by atoms with van der Waals surface area (Å²) in [6, 6.07) is 12.8. The van der Waals surface area contributed by atoms with E-state index < -0.39 is 5.97 Å². The van der Waals surface area contributed by atoms with E-state index in [-0.39, 0.29) is 10.6 Å². The van der Waals surface area contributed by atoms with Gasteiger partial charge in [0.15, 0.2) is 5.82 Å². The quantitative estimate of drug-likeness (QED) is 0.795. The maximum Gasteiger partial charge on any atom is 0.337 e. The van der Waals surface area contributed by atoms with Crippen molar-refractivity contribution in [2.24, 2.45) is 0 Å². The SMILES string of the molecule is CCc1nnnn1-c1cc(-c2ccccc2)cc(C(=O)O)c1Cl. The number of carboxylic acid groups (broad SMARTS) is 1. The van der Waals surface area contributed by atoms with Gasteiger partial charge in [0, 0.05) is 6.42 Å². The van der Waals surface area contributed by atoms with Gasteiger partial charge in [-0.2, -0.15) is 4.68 Å². The summed E-state index contributed by atoms with van der Waals surface area (Å²) in [5, 5.41) is 21.1. The third-order valence-corrected chi connectivity index (χ3v) is 3.87. The van der Waals surface area contributed by atoms with Crippen LogP contribution in [0.5, 0.6) is 0 Å². The van der Waals surface area contributed by atoms with Crippen molar-refractivity contribution in [3.63, 3.8) is 0 Å². The average Bonchev–Trinajstić information content (AvgIpc) is 3.04. The van der Waals surface area contributed by atoms with Gasteiger partial charge < -0.3 is 5.11 Å². The summed E-state index contributed by atoms with van der Waals surface area (Å²) in [6.45, 7) is 1.91. The third kappa shape index (κ3) is 2.80. The summed E-state index contributed by atoms with van der Waals surface area (Å²) >= 11 is 6.29. The number of carboxylic acids is 1. The summed E-state index contributed by atoms with van der Waals surface area (Å²) < 4.78 is 1.47. The zero-order valence-corrected chi connectivity index (χ0v) is 13.0. The van der Waals surface area contributed by atoms with Crippen molar-refractivity contribution in [3.05, 3.63) is 58.9 Å². The fourth-order valence-corrected chi connectivity index (χ4v) is 2.60. The second-order valence-corrected chi connectivity index (χ2v) is 5.27. The van der Waals surface area contributed by atoms with E-state index in [0.29, 0.717) is 17.9 Å². The molecule has 0 aliphatic heterocycles. The molecule has 1 N–H and O–H groups in total. The number of aromatic carboxylic acids is 1. The molecular formula is C16H13ClN4O2. The van der Waals surface area contributed by atoms with Gasteiger partial charge in [0.05, 0.1) is 16.3 Å². The van der Waals surface area contributed by atoms with Crippen molar-refractivity contribution in [1.82, 2.24) is 20.2 Å². The fraction of sp³-hybridized carbons (Fsp3) is 0.125. The number of carbonyl (C=O) groups is 1. The Morgan fingerprint density at radius 3 is 2.61 bits per heavy atom. The lowest BCUT2D eigenvalue weighted by molar-refractivity contribution is 0.0697. The Hall–Kier alpha value is -2.73. The van der Waals surface area contributed by atoms with Gasteiger partial charge in [-0.15, -0.1) is 5.10 Å². The van der Waals surface area contributed by atoms with E-state index in [1.807, 2.05) is 37.3 Å². The van der Waals surface area contributed by atoms with Crippen LogP contribution in [0.3, 0.4) is 0 Å². The lowest BCUT2D eigenvalue weighted by Crippen LogP contribution is -2.07. The van der Waals surface area contributed by atoms with E-state index in [1.165, 1.54) is 4.68 Å². The average molecular weight is 329 g/mol. The molecule has 23 heavy (non-hydrogen) atoms. The van der Waals surface area contributed by atoms with E-state index in [2.05, 4.69) is 15.5 Å². The Balaban J connectivity index is 2.27. The number of nitrogens with zero attached hydrogens (tertiary/aromatic N) is 4. The van der Waals surface area contributed by atoms with Crippen LogP contribution in [-0.4, -0.2) is 31.3 Å². The van der Waals surface area contributed by atoms with Crippen LogP contribution < -0.4 is 0 Å². The molecular weight excluding hydrogens is 316 g/mol. The van der Waals surface area contributed by atoms with Gasteiger partial charge in [0.1, 0.15) is 0 Å². The molecule has 0 radical (unpaired) electrons. The highest BCUT2D eigenvalue weighted by Crippen LogP contribution is 2.31. The normalized spacial score (nSPS) is 10.7. The summed E-state index contributed by atoms with van der Waals surface area (Å²) in [6.07, 6.45) is 0.599. The Morgan fingerprint density at radius 2 is 1.96 bits per heavy atom. The number of rotatable bonds is 4. The van der Waals surface area contributed by atoms with Crippen LogP contribution in [0.1, 0.15) is 23.1 Å². The van der Waals surface area contributed by atoms with Gasteiger partial charge >= 0.3 is 5.97 Å². The van der Waals surface area contributed by atoms with Gasteiger partial charge in [0.2, 0.25) is 0 Å². The lowest BCUT2D eigenvalue weighted by Gasteiger charge is -2.12. The minimum absolute atomic E-state index is 0.0144. The number of benzene rings is 2. The molecule has 1 heterocycles. The molecule has 0 saturated heterocycles. The highest BCUT2D eigenvalue weighted by atomic mass is 35.5. The zero-order valence-electron chi connectivity index (χ0n) is 12.3. The molecule has 0 unspecified atom stereocenters. The number of aromatic nitrogens is 4. The van der Waals surface area contributed by atoms with Crippen molar-refractivity contribution in [1.29, 1.82) is 0 Å². The molecule has 0 saturated carbocycles. The highest BCUT2D eigenvalue weighted by molar-refractivity contribution is 6.35. The molecule has 0 bridgehead atoms. The van der Waals surface area contributed by atoms with Crippen LogP contribution in [0.4, 0.5) is 0 Å². The Bertz CT molecular complexity index is 862. The zero-order chi connectivity index (χ0) is 16.4. The fourth-order valence-electron chi connectivity index (χ4n) is 2.33. The van der Waals surface area contributed by atoms with E-state index >= 15 is 0 Å². The smallest absolute Gasteiger partial charge is 0.337 e. The van der Waals surface area contributed by atoms with Gasteiger partial charge in [-0.1, -0.05) is 48.9 Å². The molecule has 2 aromatic carbocycles. The molecule has 0 aliphatic carbocycles. The van der Waals surface area contributed by atoms with Crippen LogP contribution >= 0.6 is 11.6 Å². The van der Waals surface area contributed by atoms with Crippen LogP contribution in [0.25, 0.3) is 16.8 Å². The van der Waals surface area contributed by atoms with Crippen molar-refractivity contribution < 1.29 is 9.90 Å². The molecule has 6 nitrogen and oxygen atoms in total. The van der Waals surface area contributed by atoms with Gasteiger partial charge in [-0.3, -0.25) is 0 Å². The van der Waals surface area contributed by atoms with E-state index in [4.69, 9.17) is 11.6 Å². The molecule has 0 aliphatic rings. The summed E-state index contributed by atoms with van der Waals surface area (Å²) in [5.74, 6) is -0.492. The van der Waals surface area contributed by atoms with Gasteiger partial charge in [-0.25, -0.2) is 4.79 Å². The Kier molecular flexibility index (Phi) is 4.08. The summed E-state index contributed by atoms with van der Waals surface area (Å²) in [4.78, 5) is 11.5. The van der Waals surface area contributed by atoms with Crippen LogP contribution in [0.2, 0.25) is 5.02 Å². The maximum absolute atomic E-state index is 11.5. The molecule has 7 heteroatoms. The number of hydrogen-bond donors (Lipinski definition) is 1. The predicted octanol–water partition coefficient (Wildman–Crippen LogP) is 3.24. The molecule has 1 aromatic heterocycles. The minimum atomic E-state index is -1.10. The molecule has 3 aromatic rings. The van der Waals surface area contributed by atoms with Gasteiger partial charge in [-0.05, 0) is 33.7 Å². The van der Waals surface area contributed by atoms with Gasteiger partial charge in [0.25, 0.3) is 0 Å². The van der Waals surface area contributed by atoms with Crippen molar-refractivity contribution in [2.75, 3.05) is 0 Å². The van der Waals surface area contributed by atoms with E-state index in [1.54, 1.807) is 12.1 Å². The first kappa shape index (κ1) is 15.2. The molecule has 0 atom stereocenters. The number of halogens is 1. The van der Waals surface area contributed by atoms with Crippen LogP contribution in [0.15, 0.2) is 42.5 Å². The van der Waals surface area contributed by atoms with E-state index in [0.717, 1.165) is 11.1 Å². The maximum atomic E-state index is 11.5. The molecule has 116 valence electrons. The summed E-state index contributed by atoms with van der Waals surface area (Å²) in [7, 11) is 0. The monoisotopic (exact) mass is 328 g/mol. The first-order valence-electron chi connectivity index (χ1n) is 7.01. The van der Waals surface area contributed by atoms with Crippen molar-refractivity contribution >= 4 is 17.6 Å².